The first-order valence-electron chi connectivity index (χ1n) is 8.17. The van der Waals surface area contributed by atoms with Crippen molar-refractivity contribution in [1.82, 2.24) is 14.9 Å². The van der Waals surface area contributed by atoms with E-state index in [1.807, 2.05) is 0 Å². The summed E-state index contributed by atoms with van der Waals surface area (Å²) in [6.45, 7) is 6.17. The SMILES string of the molecule is CC(C)(C)OC(=O)N1CC[C@H]([S@@](=O)c2nc3ccc([N+](=O)[O-])cc3[nH]2)C1. The molecule has 1 amide bonds. The van der Waals surface area contributed by atoms with Gasteiger partial charge in [-0.05, 0) is 33.3 Å². The molecule has 1 saturated heterocycles. The Morgan fingerprint density at radius 1 is 1.46 bits per heavy atom. The Balaban J connectivity index is 1.73. The van der Waals surface area contributed by atoms with Gasteiger partial charge in [-0.25, -0.2) is 9.78 Å². The van der Waals surface area contributed by atoms with Crippen LogP contribution in [0.15, 0.2) is 23.4 Å². The van der Waals surface area contributed by atoms with Crippen LogP contribution in [0.2, 0.25) is 0 Å². The number of H-pyrrole nitrogens is 1. The number of hydrogen-bond donors (Lipinski definition) is 1. The van der Waals surface area contributed by atoms with E-state index in [1.54, 1.807) is 25.7 Å². The minimum absolute atomic E-state index is 0.0598. The Bertz CT molecular complexity index is 888. The quantitative estimate of drug-likeness (QED) is 0.646. The molecule has 0 radical (unpaired) electrons. The summed E-state index contributed by atoms with van der Waals surface area (Å²) in [5, 5.41) is 10.9. The summed E-state index contributed by atoms with van der Waals surface area (Å²) in [7, 11) is -1.46. The van der Waals surface area contributed by atoms with E-state index < -0.39 is 27.4 Å². The average Bonchev–Trinajstić information content (AvgIpc) is 3.18. The number of nitrogens with zero attached hydrogens (tertiary/aromatic N) is 3. The molecule has 1 aliphatic rings. The lowest BCUT2D eigenvalue weighted by molar-refractivity contribution is -0.384. The molecule has 0 saturated carbocycles. The van der Waals surface area contributed by atoms with Crippen LogP contribution in [-0.4, -0.2) is 54.0 Å². The van der Waals surface area contributed by atoms with Gasteiger partial charge in [0.05, 0.1) is 32.0 Å². The summed E-state index contributed by atoms with van der Waals surface area (Å²) >= 11 is 0. The molecule has 3 rings (SSSR count). The molecule has 26 heavy (non-hydrogen) atoms. The topological polar surface area (TPSA) is 118 Å². The van der Waals surface area contributed by atoms with Gasteiger partial charge in [-0.3, -0.25) is 14.3 Å². The maximum Gasteiger partial charge on any atom is 0.410 e. The molecule has 1 N–H and O–H groups in total. The van der Waals surface area contributed by atoms with Crippen molar-refractivity contribution in [3.8, 4) is 0 Å². The standard InChI is InChI=1S/C16H20N4O5S/c1-16(2,3)25-15(21)19-7-6-11(9-19)26(24)14-17-12-5-4-10(20(22)23)8-13(12)18-14/h4-5,8,11H,6-7,9H2,1-3H3,(H,17,18)/t11-,26+/m0/s1. The molecule has 0 aliphatic carbocycles. The summed E-state index contributed by atoms with van der Waals surface area (Å²) in [4.78, 5) is 31.2. The van der Waals surface area contributed by atoms with Crippen LogP contribution in [0.5, 0.6) is 0 Å². The highest BCUT2D eigenvalue weighted by molar-refractivity contribution is 7.85. The highest BCUT2D eigenvalue weighted by atomic mass is 32.2. The fraction of sp³-hybridized carbons (Fsp3) is 0.500. The zero-order valence-corrected chi connectivity index (χ0v) is 15.5. The normalized spacial score (nSPS) is 18.9. The van der Waals surface area contributed by atoms with Gasteiger partial charge in [0.2, 0.25) is 0 Å². The van der Waals surface area contributed by atoms with E-state index in [2.05, 4.69) is 9.97 Å². The molecule has 1 fully saturated rings. The third-order valence-electron chi connectivity index (χ3n) is 3.94. The Hall–Kier alpha value is -2.49. The number of amides is 1. The van der Waals surface area contributed by atoms with E-state index in [0.29, 0.717) is 30.5 Å². The molecule has 10 heteroatoms. The van der Waals surface area contributed by atoms with Crippen LogP contribution in [0, 0.1) is 10.1 Å². The second kappa shape index (κ2) is 6.67. The van der Waals surface area contributed by atoms with E-state index in [-0.39, 0.29) is 16.1 Å². The number of carbonyl (C=O) groups is 1. The molecule has 140 valence electrons. The minimum Gasteiger partial charge on any atom is -0.444 e. The zero-order chi connectivity index (χ0) is 19.1. The van der Waals surface area contributed by atoms with Crippen LogP contribution in [0.4, 0.5) is 10.5 Å². The zero-order valence-electron chi connectivity index (χ0n) is 14.7. The summed E-state index contributed by atoms with van der Waals surface area (Å²) in [6.07, 6.45) is 0.153. The number of rotatable bonds is 3. The van der Waals surface area contributed by atoms with Crippen molar-refractivity contribution in [2.24, 2.45) is 0 Å². The number of carbonyl (C=O) groups excluding carboxylic acids is 1. The maximum absolute atomic E-state index is 12.8. The maximum atomic E-state index is 12.8. The molecule has 2 atom stereocenters. The highest BCUT2D eigenvalue weighted by Gasteiger charge is 2.34. The number of hydrogen-bond acceptors (Lipinski definition) is 6. The molecular formula is C16H20N4O5S. The van der Waals surface area contributed by atoms with Crippen LogP contribution >= 0.6 is 0 Å². The molecular weight excluding hydrogens is 360 g/mol. The van der Waals surface area contributed by atoms with E-state index in [1.165, 1.54) is 18.2 Å². The number of aromatic nitrogens is 2. The van der Waals surface area contributed by atoms with E-state index in [4.69, 9.17) is 4.74 Å². The molecule has 0 bridgehead atoms. The van der Waals surface area contributed by atoms with Crippen molar-refractivity contribution >= 4 is 33.6 Å². The largest absolute Gasteiger partial charge is 0.444 e. The molecule has 1 aromatic carbocycles. The molecule has 2 aromatic rings. The fourth-order valence-electron chi connectivity index (χ4n) is 2.74. The Morgan fingerprint density at radius 2 is 2.19 bits per heavy atom. The van der Waals surface area contributed by atoms with Crippen molar-refractivity contribution in [2.45, 2.75) is 43.2 Å². The lowest BCUT2D eigenvalue weighted by Gasteiger charge is -2.24. The first kappa shape index (κ1) is 18.3. The second-order valence-electron chi connectivity index (χ2n) is 7.13. The van der Waals surface area contributed by atoms with Gasteiger partial charge in [-0.2, -0.15) is 0 Å². The molecule has 1 aromatic heterocycles. The molecule has 0 spiro atoms. The van der Waals surface area contributed by atoms with Crippen LogP contribution in [0.25, 0.3) is 11.0 Å². The van der Waals surface area contributed by atoms with E-state index in [9.17, 15) is 19.1 Å². The molecule has 2 heterocycles. The summed E-state index contributed by atoms with van der Waals surface area (Å²) in [5.74, 6) is 0. The number of aromatic amines is 1. The number of likely N-dealkylation sites (tertiary alicyclic amines) is 1. The lowest BCUT2D eigenvalue weighted by atomic mass is 10.2. The number of non-ortho nitro benzene ring substituents is 1. The number of imidazole rings is 1. The predicted octanol–water partition coefficient (Wildman–Crippen LogP) is 2.59. The molecule has 9 nitrogen and oxygen atoms in total. The second-order valence-corrected chi connectivity index (χ2v) is 8.78. The van der Waals surface area contributed by atoms with Gasteiger partial charge in [-0.15, -0.1) is 0 Å². The smallest absolute Gasteiger partial charge is 0.410 e. The van der Waals surface area contributed by atoms with Gasteiger partial charge in [0.15, 0.2) is 5.16 Å². The Kier molecular flexibility index (Phi) is 4.70. The first-order valence-corrected chi connectivity index (χ1v) is 9.38. The third-order valence-corrected chi connectivity index (χ3v) is 5.51. The van der Waals surface area contributed by atoms with Crippen LogP contribution in [0.3, 0.4) is 0 Å². The molecule has 0 unspecified atom stereocenters. The Morgan fingerprint density at radius 3 is 2.85 bits per heavy atom. The van der Waals surface area contributed by atoms with Crippen LogP contribution in [-0.2, 0) is 15.5 Å². The van der Waals surface area contributed by atoms with Gasteiger partial charge in [-0.1, -0.05) is 0 Å². The van der Waals surface area contributed by atoms with Crippen molar-refractivity contribution in [3.05, 3.63) is 28.3 Å². The number of benzene rings is 1. The summed E-state index contributed by atoms with van der Waals surface area (Å²) in [5.41, 5.74) is 0.336. The van der Waals surface area contributed by atoms with Crippen LogP contribution in [0.1, 0.15) is 27.2 Å². The van der Waals surface area contributed by atoms with Crippen molar-refractivity contribution < 1.29 is 18.7 Å². The lowest BCUT2D eigenvalue weighted by Crippen LogP contribution is -2.36. The number of nitrogens with one attached hydrogen (secondary N) is 1. The van der Waals surface area contributed by atoms with E-state index >= 15 is 0 Å². The minimum atomic E-state index is -1.46. The van der Waals surface area contributed by atoms with Gasteiger partial charge in [0.25, 0.3) is 5.69 Å². The number of ether oxygens (including phenoxy) is 1. The van der Waals surface area contributed by atoms with Crippen molar-refractivity contribution in [3.63, 3.8) is 0 Å². The Labute approximate surface area is 152 Å². The summed E-state index contributed by atoms with van der Waals surface area (Å²) < 4.78 is 18.1. The van der Waals surface area contributed by atoms with Crippen molar-refractivity contribution in [2.75, 3.05) is 13.1 Å². The highest BCUT2D eigenvalue weighted by Crippen LogP contribution is 2.24. The summed E-state index contributed by atoms with van der Waals surface area (Å²) in [6, 6.07) is 4.24. The van der Waals surface area contributed by atoms with Crippen molar-refractivity contribution in [1.29, 1.82) is 0 Å². The van der Waals surface area contributed by atoms with Gasteiger partial charge in [0, 0.05) is 25.2 Å². The van der Waals surface area contributed by atoms with Gasteiger partial charge < -0.3 is 14.6 Å². The van der Waals surface area contributed by atoms with E-state index in [0.717, 1.165) is 0 Å². The van der Waals surface area contributed by atoms with Crippen LogP contribution < -0.4 is 0 Å². The molecule has 1 aliphatic heterocycles. The van der Waals surface area contributed by atoms with Gasteiger partial charge in [0.1, 0.15) is 5.60 Å². The predicted molar refractivity (Wildman–Crippen MR) is 95.4 cm³/mol. The first-order chi connectivity index (χ1) is 12.1. The third kappa shape index (κ3) is 3.85. The monoisotopic (exact) mass is 380 g/mol. The van der Waals surface area contributed by atoms with Gasteiger partial charge >= 0.3 is 6.09 Å². The average molecular weight is 380 g/mol. The number of nitro groups is 1. The number of fused-ring (bicyclic) bond motifs is 1. The number of nitro benzene ring substituents is 1. The fourth-order valence-corrected chi connectivity index (χ4v) is 4.09.